The van der Waals surface area contributed by atoms with Crippen LogP contribution in [0, 0.1) is 0 Å². The van der Waals surface area contributed by atoms with Gasteiger partial charge in [-0.1, -0.05) is 28.1 Å². The van der Waals surface area contributed by atoms with Crippen LogP contribution in [-0.4, -0.2) is 56.0 Å². The molecule has 112 valence electrons. The van der Waals surface area contributed by atoms with Crippen molar-refractivity contribution < 1.29 is 9.84 Å². The zero-order chi connectivity index (χ0) is 14.4. The number of aliphatic hydroxyl groups excluding tert-OH is 1. The molecule has 0 bridgehead atoms. The van der Waals surface area contributed by atoms with Crippen molar-refractivity contribution in [2.75, 3.05) is 40.0 Å². The summed E-state index contributed by atoms with van der Waals surface area (Å²) in [6.45, 7) is 3.43. The highest BCUT2D eigenvalue weighted by Crippen LogP contribution is 2.21. The predicted molar refractivity (Wildman–Crippen MR) is 83.8 cm³/mol. The summed E-state index contributed by atoms with van der Waals surface area (Å²) in [6.07, 6.45) is 1.02. The van der Waals surface area contributed by atoms with Gasteiger partial charge in [0.2, 0.25) is 0 Å². The highest BCUT2D eigenvalue weighted by molar-refractivity contribution is 9.10. The Hall–Kier alpha value is -0.460. The second-order valence-electron chi connectivity index (χ2n) is 5.13. The van der Waals surface area contributed by atoms with Crippen molar-refractivity contribution >= 4 is 15.9 Å². The van der Waals surface area contributed by atoms with E-state index in [4.69, 9.17) is 4.74 Å². The molecule has 5 heteroatoms. The Morgan fingerprint density at radius 2 is 2.40 bits per heavy atom. The van der Waals surface area contributed by atoms with E-state index < -0.39 is 0 Å². The maximum Gasteiger partial charge on any atom is 0.0644 e. The first kappa shape index (κ1) is 15.9. The molecule has 0 radical (unpaired) electrons. The molecule has 0 amide bonds. The lowest BCUT2D eigenvalue weighted by Gasteiger charge is -2.35. The monoisotopic (exact) mass is 342 g/mol. The number of rotatable bonds is 6. The van der Waals surface area contributed by atoms with Gasteiger partial charge in [0.1, 0.15) is 0 Å². The van der Waals surface area contributed by atoms with E-state index in [9.17, 15) is 5.11 Å². The van der Waals surface area contributed by atoms with Crippen LogP contribution in [0.25, 0.3) is 0 Å². The Bertz CT molecular complexity index is 417. The molecule has 1 aromatic rings. The Morgan fingerprint density at radius 3 is 3.10 bits per heavy atom. The van der Waals surface area contributed by atoms with Gasteiger partial charge in [-0.3, -0.25) is 4.90 Å². The lowest BCUT2D eigenvalue weighted by molar-refractivity contribution is -0.0285. The van der Waals surface area contributed by atoms with Gasteiger partial charge in [0.05, 0.1) is 25.9 Å². The van der Waals surface area contributed by atoms with Crippen molar-refractivity contribution in [2.24, 2.45) is 0 Å². The summed E-state index contributed by atoms with van der Waals surface area (Å²) < 4.78 is 6.52. The lowest BCUT2D eigenvalue weighted by Crippen LogP contribution is -2.48. The summed E-state index contributed by atoms with van der Waals surface area (Å²) in [5, 5.41) is 12.8. The van der Waals surface area contributed by atoms with Crippen LogP contribution in [0.4, 0.5) is 0 Å². The number of hydrogen-bond donors (Lipinski definition) is 2. The number of hydrogen-bond acceptors (Lipinski definition) is 4. The van der Waals surface area contributed by atoms with Crippen LogP contribution >= 0.6 is 15.9 Å². The molecule has 0 aliphatic carbocycles. The summed E-state index contributed by atoms with van der Waals surface area (Å²) >= 11 is 3.52. The minimum absolute atomic E-state index is 0.142. The summed E-state index contributed by atoms with van der Waals surface area (Å²) in [5.74, 6) is 0. The Morgan fingerprint density at radius 1 is 1.55 bits per heavy atom. The van der Waals surface area contributed by atoms with Crippen molar-refractivity contribution in [3.8, 4) is 0 Å². The summed E-state index contributed by atoms with van der Waals surface area (Å²) in [7, 11) is 1.99. The van der Waals surface area contributed by atoms with Gasteiger partial charge in [0, 0.05) is 23.6 Å². The van der Waals surface area contributed by atoms with Gasteiger partial charge in [-0.25, -0.2) is 0 Å². The van der Waals surface area contributed by atoms with E-state index in [1.54, 1.807) is 0 Å². The minimum Gasteiger partial charge on any atom is -0.395 e. The maximum atomic E-state index is 9.39. The molecule has 2 N–H and O–H groups in total. The molecule has 2 atom stereocenters. The van der Waals surface area contributed by atoms with Crippen molar-refractivity contribution in [3.05, 3.63) is 34.3 Å². The van der Waals surface area contributed by atoms with E-state index in [2.05, 4.69) is 44.3 Å². The second-order valence-corrected chi connectivity index (χ2v) is 6.05. The maximum absolute atomic E-state index is 9.39. The van der Waals surface area contributed by atoms with E-state index in [1.807, 2.05) is 13.1 Å². The van der Waals surface area contributed by atoms with Gasteiger partial charge < -0.3 is 15.2 Å². The molecule has 4 nitrogen and oxygen atoms in total. The molecule has 1 aromatic carbocycles. The van der Waals surface area contributed by atoms with Crippen LogP contribution in [-0.2, 0) is 4.74 Å². The third kappa shape index (κ3) is 4.27. The normalized spacial score (nSPS) is 21.9. The smallest absolute Gasteiger partial charge is 0.0644 e. The molecule has 0 aromatic heterocycles. The summed E-state index contributed by atoms with van der Waals surface area (Å²) in [5.41, 5.74) is 1.29. The van der Waals surface area contributed by atoms with Crippen LogP contribution < -0.4 is 5.32 Å². The Kier molecular flexibility index (Phi) is 6.45. The number of ether oxygens (including phenoxy) is 1. The quantitative estimate of drug-likeness (QED) is 0.827. The Labute approximate surface area is 129 Å². The van der Waals surface area contributed by atoms with E-state index in [0.717, 1.165) is 30.6 Å². The molecule has 1 aliphatic heterocycles. The molecule has 20 heavy (non-hydrogen) atoms. The van der Waals surface area contributed by atoms with Crippen molar-refractivity contribution in [3.63, 3.8) is 0 Å². The van der Waals surface area contributed by atoms with E-state index in [1.165, 1.54) is 5.56 Å². The highest BCUT2D eigenvalue weighted by atomic mass is 79.9. The third-order valence-corrected chi connectivity index (χ3v) is 4.36. The van der Waals surface area contributed by atoms with Gasteiger partial charge in [-0.2, -0.15) is 0 Å². The van der Waals surface area contributed by atoms with Crippen LogP contribution in [0.5, 0.6) is 0 Å². The van der Waals surface area contributed by atoms with Crippen LogP contribution in [0.3, 0.4) is 0 Å². The first-order valence-electron chi connectivity index (χ1n) is 7.10. The molecule has 1 saturated heterocycles. The molecule has 2 rings (SSSR count). The van der Waals surface area contributed by atoms with E-state index >= 15 is 0 Å². The van der Waals surface area contributed by atoms with Gasteiger partial charge in [-0.15, -0.1) is 0 Å². The SMILES string of the molecule is CNC(CCN1CCOCC1CO)c1cccc(Br)c1. The van der Waals surface area contributed by atoms with Crippen LogP contribution in [0.15, 0.2) is 28.7 Å². The van der Waals surface area contributed by atoms with Crippen molar-refractivity contribution in [1.29, 1.82) is 0 Å². The number of morpholine rings is 1. The first-order valence-corrected chi connectivity index (χ1v) is 7.89. The number of nitrogens with zero attached hydrogens (tertiary/aromatic N) is 1. The van der Waals surface area contributed by atoms with Crippen LogP contribution in [0.1, 0.15) is 18.0 Å². The van der Waals surface area contributed by atoms with E-state index in [-0.39, 0.29) is 12.6 Å². The number of nitrogens with one attached hydrogen (secondary N) is 1. The second kappa shape index (κ2) is 8.10. The van der Waals surface area contributed by atoms with Gasteiger partial charge in [-0.05, 0) is 31.2 Å². The fraction of sp³-hybridized carbons (Fsp3) is 0.600. The molecule has 0 saturated carbocycles. The average molecular weight is 343 g/mol. The van der Waals surface area contributed by atoms with Gasteiger partial charge in [0.25, 0.3) is 0 Å². The molecule has 1 fully saturated rings. The molecule has 1 aliphatic rings. The fourth-order valence-electron chi connectivity index (χ4n) is 2.65. The zero-order valence-corrected chi connectivity index (χ0v) is 13.5. The molecular weight excluding hydrogens is 320 g/mol. The number of halogens is 1. The predicted octanol–water partition coefficient (Wildman–Crippen LogP) is 1.79. The summed E-state index contributed by atoms with van der Waals surface area (Å²) in [6, 6.07) is 8.88. The fourth-order valence-corrected chi connectivity index (χ4v) is 3.06. The molecule has 0 spiro atoms. The molecule has 1 heterocycles. The minimum atomic E-state index is 0.142. The molecular formula is C15H23BrN2O2. The van der Waals surface area contributed by atoms with Crippen LogP contribution in [0.2, 0.25) is 0 Å². The summed E-state index contributed by atoms with van der Waals surface area (Å²) in [4.78, 5) is 2.33. The zero-order valence-electron chi connectivity index (χ0n) is 11.9. The standard InChI is InChI=1S/C15H23BrN2O2/c1-17-15(12-3-2-4-13(16)9-12)5-6-18-7-8-20-11-14(18)10-19/h2-4,9,14-15,17,19H,5-8,10-11H2,1H3. The van der Waals surface area contributed by atoms with Gasteiger partial charge in [0.15, 0.2) is 0 Å². The largest absolute Gasteiger partial charge is 0.395 e. The number of aliphatic hydroxyl groups is 1. The topological polar surface area (TPSA) is 44.7 Å². The van der Waals surface area contributed by atoms with Crippen molar-refractivity contribution in [2.45, 2.75) is 18.5 Å². The Balaban J connectivity index is 1.93. The van der Waals surface area contributed by atoms with Crippen molar-refractivity contribution in [1.82, 2.24) is 10.2 Å². The molecule has 2 unspecified atom stereocenters. The third-order valence-electron chi connectivity index (χ3n) is 3.86. The number of benzene rings is 1. The van der Waals surface area contributed by atoms with Gasteiger partial charge >= 0.3 is 0 Å². The lowest BCUT2D eigenvalue weighted by atomic mass is 10.0. The highest BCUT2D eigenvalue weighted by Gasteiger charge is 2.23. The first-order chi connectivity index (χ1) is 9.74. The average Bonchev–Trinajstić information content (AvgIpc) is 2.48. The van der Waals surface area contributed by atoms with E-state index in [0.29, 0.717) is 12.6 Å².